The Hall–Kier alpha value is -2.01. The summed E-state index contributed by atoms with van der Waals surface area (Å²) < 4.78 is 5.18. The minimum Gasteiger partial charge on any atom is -0.495 e. The molecule has 18 heavy (non-hydrogen) atoms. The van der Waals surface area contributed by atoms with Crippen molar-refractivity contribution in [3.05, 3.63) is 40.1 Å². The Bertz CT molecular complexity index is 578. The molecule has 0 aliphatic carbocycles. The van der Waals surface area contributed by atoms with E-state index < -0.39 is 0 Å². The van der Waals surface area contributed by atoms with E-state index in [0.717, 1.165) is 5.56 Å². The Balaban J connectivity index is 2.27. The van der Waals surface area contributed by atoms with Crippen molar-refractivity contribution in [1.82, 2.24) is 0 Å². The lowest BCUT2D eigenvalue weighted by atomic mass is 10.2. The molecular formula is C13H14N2O2S. The minimum atomic E-state index is -0.147. The Morgan fingerprint density at radius 3 is 2.78 bits per heavy atom. The van der Waals surface area contributed by atoms with Crippen LogP contribution in [0.5, 0.6) is 5.75 Å². The van der Waals surface area contributed by atoms with Crippen LogP contribution in [-0.4, -0.2) is 13.0 Å². The highest BCUT2D eigenvalue weighted by Gasteiger charge is 2.13. The molecule has 0 aliphatic heterocycles. The molecule has 0 atom stereocenters. The third-order valence-corrected chi connectivity index (χ3v) is 3.56. The van der Waals surface area contributed by atoms with Crippen LogP contribution in [-0.2, 0) is 0 Å². The lowest BCUT2D eigenvalue weighted by Gasteiger charge is -2.10. The molecule has 0 unspecified atom stereocenters. The Morgan fingerprint density at radius 2 is 2.17 bits per heavy atom. The molecule has 0 fully saturated rings. The van der Waals surface area contributed by atoms with Gasteiger partial charge in [-0.2, -0.15) is 0 Å². The Morgan fingerprint density at radius 1 is 1.39 bits per heavy atom. The zero-order valence-corrected chi connectivity index (χ0v) is 11.0. The maximum Gasteiger partial charge on any atom is 0.266 e. The van der Waals surface area contributed by atoms with Crippen LogP contribution in [0.15, 0.2) is 29.6 Å². The number of ether oxygens (including phenoxy) is 1. The third-order valence-electron chi connectivity index (χ3n) is 2.54. The molecule has 1 amide bonds. The van der Waals surface area contributed by atoms with Crippen molar-refractivity contribution >= 4 is 28.6 Å². The van der Waals surface area contributed by atoms with Gasteiger partial charge in [-0.25, -0.2) is 0 Å². The van der Waals surface area contributed by atoms with Crippen molar-refractivity contribution in [2.75, 3.05) is 18.2 Å². The summed E-state index contributed by atoms with van der Waals surface area (Å²) >= 11 is 1.41. The largest absolute Gasteiger partial charge is 0.495 e. The highest BCUT2D eigenvalue weighted by molar-refractivity contribution is 7.12. The van der Waals surface area contributed by atoms with E-state index in [1.165, 1.54) is 11.3 Å². The van der Waals surface area contributed by atoms with Crippen LogP contribution in [0.1, 0.15) is 15.2 Å². The van der Waals surface area contributed by atoms with Gasteiger partial charge in [-0.15, -0.1) is 11.3 Å². The molecule has 3 N–H and O–H groups in total. The number of hydrogen-bond donors (Lipinski definition) is 2. The number of carbonyl (C=O) groups excluding carboxylic acids is 1. The van der Waals surface area contributed by atoms with Crippen LogP contribution in [0.3, 0.4) is 0 Å². The maximum atomic E-state index is 12.1. The van der Waals surface area contributed by atoms with Crippen molar-refractivity contribution in [2.24, 2.45) is 0 Å². The fourth-order valence-corrected chi connectivity index (χ4v) is 2.43. The van der Waals surface area contributed by atoms with Crippen LogP contribution in [0.4, 0.5) is 11.4 Å². The first-order chi connectivity index (χ1) is 8.61. The summed E-state index contributed by atoms with van der Waals surface area (Å²) in [5, 5.41) is 4.70. The summed E-state index contributed by atoms with van der Waals surface area (Å²) in [7, 11) is 1.55. The van der Waals surface area contributed by atoms with E-state index in [0.29, 0.717) is 22.0 Å². The van der Waals surface area contributed by atoms with Crippen LogP contribution in [0, 0.1) is 6.92 Å². The number of benzene rings is 1. The molecule has 5 heteroatoms. The summed E-state index contributed by atoms with van der Waals surface area (Å²) in [6.07, 6.45) is 0. The number of nitrogen functional groups attached to an aromatic ring is 1. The second-order valence-electron chi connectivity index (χ2n) is 3.85. The van der Waals surface area contributed by atoms with Crippen molar-refractivity contribution in [3.63, 3.8) is 0 Å². The van der Waals surface area contributed by atoms with Gasteiger partial charge in [0.1, 0.15) is 5.75 Å². The van der Waals surface area contributed by atoms with Crippen molar-refractivity contribution in [3.8, 4) is 5.75 Å². The van der Waals surface area contributed by atoms with E-state index in [2.05, 4.69) is 5.32 Å². The van der Waals surface area contributed by atoms with E-state index in [9.17, 15) is 4.79 Å². The van der Waals surface area contributed by atoms with E-state index in [4.69, 9.17) is 10.5 Å². The average Bonchev–Trinajstić information content (AvgIpc) is 2.76. The monoisotopic (exact) mass is 262 g/mol. The van der Waals surface area contributed by atoms with Crippen LogP contribution < -0.4 is 15.8 Å². The molecule has 1 aromatic carbocycles. The van der Waals surface area contributed by atoms with Gasteiger partial charge in [0.25, 0.3) is 5.91 Å². The number of carbonyl (C=O) groups is 1. The topological polar surface area (TPSA) is 64.3 Å². The quantitative estimate of drug-likeness (QED) is 0.836. The highest BCUT2D eigenvalue weighted by atomic mass is 32.1. The van der Waals surface area contributed by atoms with Crippen molar-refractivity contribution in [1.29, 1.82) is 0 Å². The number of hydrogen-bond acceptors (Lipinski definition) is 4. The SMILES string of the molecule is COc1ccc(N)cc1NC(=O)c1sccc1C. The predicted molar refractivity (Wildman–Crippen MR) is 74.4 cm³/mol. The van der Waals surface area contributed by atoms with Gasteiger partial charge in [0.05, 0.1) is 17.7 Å². The number of nitrogens with one attached hydrogen (secondary N) is 1. The summed E-state index contributed by atoms with van der Waals surface area (Å²) in [4.78, 5) is 12.8. The molecule has 2 rings (SSSR count). The van der Waals surface area contributed by atoms with Gasteiger partial charge < -0.3 is 15.8 Å². The van der Waals surface area contributed by atoms with Crippen molar-refractivity contribution in [2.45, 2.75) is 6.92 Å². The first-order valence-electron chi connectivity index (χ1n) is 5.41. The third kappa shape index (κ3) is 2.46. The van der Waals surface area contributed by atoms with Crippen molar-refractivity contribution < 1.29 is 9.53 Å². The first kappa shape index (κ1) is 12.4. The highest BCUT2D eigenvalue weighted by Crippen LogP contribution is 2.27. The lowest BCUT2D eigenvalue weighted by molar-refractivity contribution is 0.102. The summed E-state index contributed by atoms with van der Waals surface area (Å²) in [6.45, 7) is 1.90. The second-order valence-corrected chi connectivity index (χ2v) is 4.76. The normalized spacial score (nSPS) is 10.1. The number of aryl methyl sites for hydroxylation is 1. The second kappa shape index (κ2) is 5.10. The molecule has 0 saturated heterocycles. The minimum absolute atomic E-state index is 0.147. The number of amides is 1. The van der Waals surface area contributed by atoms with Gasteiger partial charge in [-0.1, -0.05) is 0 Å². The summed E-state index contributed by atoms with van der Waals surface area (Å²) in [5.74, 6) is 0.443. The molecular weight excluding hydrogens is 248 g/mol. The van der Waals surface area contributed by atoms with Crippen LogP contribution in [0.25, 0.3) is 0 Å². The van der Waals surface area contributed by atoms with Gasteiger partial charge >= 0.3 is 0 Å². The smallest absolute Gasteiger partial charge is 0.266 e. The van der Waals surface area contributed by atoms with Gasteiger partial charge in [0, 0.05) is 5.69 Å². The molecule has 4 nitrogen and oxygen atoms in total. The van der Waals surface area contributed by atoms with Crippen LogP contribution >= 0.6 is 11.3 Å². The zero-order valence-electron chi connectivity index (χ0n) is 10.2. The summed E-state index contributed by atoms with van der Waals surface area (Å²) in [5.41, 5.74) is 7.82. The Kier molecular flexibility index (Phi) is 3.53. The molecule has 0 spiro atoms. The fourth-order valence-electron chi connectivity index (χ4n) is 1.61. The number of nitrogens with two attached hydrogens (primary N) is 1. The molecule has 0 radical (unpaired) electrons. The molecule has 1 aromatic heterocycles. The van der Waals surface area contributed by atoms with E-state index in [-0.39, 0.29) is 5.91 Å². The van der Waals surface area contributed by atoms with E-state index in [1.54, 1.807) is 25.3 Å². The van der Waals surface area contributed by atoms with Gasteiger partial charge in [0.15, 0.2) is 0 Å². The van der Waals surface area contributed by atoms with E-state index >= 15 is 0 Å². The van der Waals surface area contributed by atoms with E-state index in [1.807, 2.05) is 18.4 Å². The number of thiophene rings is 1. The molecule has 0 aliphatic rings. The van der Waals surface area contributed by atoms with Gasteiger partial charge in [0.2, 0.25) is 0 Å². The predicted octanol–water partition coefficient (Wildman–Crippen LogP) is 2.90. The maximum absolute atomic E-state index is 12.1. The van der Waals surface area contributed by atoms with Gasteiger partial charge in [-0.05, 0) is 42.1 Å². The molecule has 0 bridgehead atoms. The standard InChI is InChI=1S/C13H14N2O2S/c1-8-5-6-18-12(8)13(16)15-10-7-9(14)3-4-11(10)17-2/h3-7H,14H2,1-2H3,(H,15,16). The average molecular weight is 262 g/mol. The van der Waals surface area contributed by atoms with Gasteiger partial charge in [-0.3, -0.25) is 4.79 Å². The zero-order chi connectivity index (χ0) is 13.1. The molecule has 94 valence electrons. The summed E-state index contributed by atoms with van der Waals surface area (Å²) in [6, 6.07) is 7.05. The fraction of sp³-hybridized carbons (Fsp3) is 0.154. The lowest BCUT2D eigenvalue weighted by Crippen LogP contribution is -2.12. The first-order valence-corrected chi connectivity index (χ1v) is 6.28. The molecule has 1 heterocycles. The number of methoxy groups -OCH3 is 1. The number of anilines is 2. The van der Waals surface area contributed by atoms with Crippen LogP contribution in [0.2, 0.25) is 0 Å². The Labute approximate surface area is 109 Å². The number of rotatable bonds is 3. The molecule has 2 aromatic rings. The molecule has 0 saturated carbocycles.